The zero-order chi connectivity index (χ0) is 17.6. The Balaban J connectivity index is 1.53. The van der Waals surface area contributed by atoms with Gasteiger partial charge in [0.05, 0.1) is 12.2 Å². The first-order valence-electron chi connectivity index (χ1n) is 9.35. The smallest absolute Gasteiger partial charge is 0.303 e. The third-order valence-corrected chi connectivity index (χ3v) is 6.11. The van der Waals surface area contributed by atoms with E-state index in [0.29, 0.717) is 18.4 Å². The van der Waals surface area contributed by atoms with E-state index in [9.17, 15) is 4.79 Å². The number of likely N-dealkylation sites (tertiary alicyclic amines) is 1. The molecular weight excluding hydrogens is 318 g/mol. The molecule has 0 aromatic heterocycles. The number of hydrogen-bond donors (Lipinski definition) is 1. The van der Waals surface area contributed by atoms with Crippen molar-refractivity contribution in [3.05, 3.63) is 29.8 Å². The monoisotopic (exact) mass is 345 g/mol. The van der Waals surface area contributed by atoms with Crippen molar-refractivity contribution in [2.24, 2.45) is 5.92 Å². The van der Waals surface area contributed by atoms with Gasteiger partial charge in [0, 0.05) is 30.5 Å². The molecule has 0 radical (unpaired) electrons. The molecule has 0 aliphatic carbocycles. The van der Waals surface area contributed by atoms with Crippen LogP contribution in [0.1, 0.15) is 51.2 Å². The SMILES string of the molecule is CC1(C)Oc2ccccc2[C@@H]2O[C@@H]3CCN(CCCC(=O)O)[C@H]3C[C@H]21. The van der Waals surface area contributed by atoms with Crippen molar-refractivity contribution in [3.8, 4) is 5.75 Å². The first-order chi connectivity index (χ1) is 12.0. The Bertz CT molecular complexity index is 659. The maximum atomic E-state index is 10.8. The number of fused-ring (bicyclic) bond motifs is 4. The molecule has 1 aromatic carbocycles. The number of rotatable bonds is 4. The second kappa shape index (κ2) is 6.29. The Morgan fingerprint density at radius 3 is 2.96 bits per heavy atom. The van der Waals surface area contributed by atoms with Crippen molar-refractivity contribution in [1.82, 2.24) is 4.90 Å². The molecule has 25 heavy (non-hydrogen) atoms. The molecule has 3 aliphatic rings. The fourth-order valence-electron chi connectivity index (χ4n) is 4.83. The van der Waals surface area contributed by atoms with Gasteiger partial charge in [-0.2, -0.15) is 0 Å². The fourth-order valence-corrected chi connectivity index (χ4v) is 4.83. The molecule has 0 unspecified atom stereocenters. The van der Waals surface area contributed by atoms with Crippen LogP contribution in [0, 0.1) is 5.92 Å². The van der Waals surface area contributed by atoms with E-state index in [1.807, 2.05) is 12.1 Å². The molecule has 1 N–H and O–H groups in total. The van der Waals surface area contributed by atoms with Crippen LogP contribution >= 0.6 is 0 Å². The van der Waals surface area contributed by atoms with Gasteiger partial charge in [-0.1, -0.05) is 18.2 Å². The summed E-state index contributed by atoms with van der Waals surface area (Å²) in [5, 5.41) is 8.88. The lowest BCUT2D eigenvalue weighted by molar-refractivity contribution is -0.162. The van der Waals surface area contributed by atoms with E-state index >= 15 is 0 Å². The van der Waals surface area contributed by atoms with Gasteiger partial charge in [-0.25, -0.2) is 0 Å². The summed E-state index contributed by atoms with van der Waals surface area (Å²) in [4.78, 5) is 13.2. The van der Waals surface area contributed by atoms with Crippen LogP contribution in [0.5, 0.6) is 5.75 Å². The molecule has 5 nitrogen and oxygen atoms in total. The van der Waals surface area contributed by atoms with E-state index in [1.165, 1.54) is 5.56 Å². The van der Waals surface area contributed by atoms with Crippen molar-refractivity contribution in [3.63, 3.8) is 0 Å². The van der Waals surface area contributed by atoms with E-state index in [2.05, 4.69) is 30.9 Å². The van der Waals surface area contributed by atoms with E-state index in [0.717, 1.165) is 31.7 Å². The average Bonchev–Trinajstić information content (AvgIpc) is 2.95. The molecule has 1 aromatic rings. The second-order valence-corrected chi connectivity index (χ2v) is 8.07. The molecule has 136 valence electrons. The number of aliphatic carboxylic acids is 1. The highest BCUT2D eigenvalue weighted by Gasteiger charge is 2.52. The number of nitrogens with zero attached hydrogens (tertiary/aromatic N) is 1. The summed E-state index contributed by atoms with van der Waals surface area (Å²) in [6, 6.07) is 8.61. The molecule has 0 spiro atoms. The largest absolute Gasteiger partial charge is 0.487 e. The van der Waals surface area contributed by atoms with Gasteiger partial charge in [-0.3, -0.25) is 9.69 Å². The van der Waals surface area contributed by atoms with Crippen LogP contribution < -0.4 is 4.74 Å². The third kappa shape index (κ3) is 3.04. The van der Waals surface area contributed by atoms with Crippen LogP contribution in [0.2, 0.25) is 0 Å². The summed E-state index contributed by atoms with van der Waals surface area (Å²) in [7, 11) is 0. The number of carboxylic acids is 1. The van der Waals surface area contributed by atoms with Gasteiger partial charge in [0.1, 0.15) is 11.4 Å². The van der Waals surface area contributed by atoms with Crippen LogP contribution in [0.25, 0.3) is 0 Å². The molecule has 3 heterocycles. The van der Waals surface area contributed by atoms with Gasteiger partial charge < -0.3 is 14.6 Å². The molecule has 4 atom stereocenters. The first-order valence-corrected chi connectivity index (χ1v) is 9.35. The predicted octanol–water partition coefficient (Wildman–Crippen LogP) is 3.24. The van der Waals surface area contributed by atoms with Gasteiger partial charge in [0.25, 0.3) is 0 Å². The van der Waals surface area contributed by atoms with Gasteiger partial charge in [0.15, 0.2) is 0 Å². The number of hydrogen-bond acceptors (Lipinski definition) is 4. The molecule has 2 saturated heterocycles. The van der Waals surface area contributed by atoms with Crippen LogP contribution in [-0.2, 0) is 9.53 Å². The van der Waals surface area contributed by atoms with E-state index in [-0.39, 0.29) is 24.2 Å². The first kappa shape index (κ1) is 16.9. The normalized spacial score (nSPS) is 33.0. The summed E-state index contributed by atoms with van der Waals surface area (Å²) >= 11 is 0. The minimum atomic E-state index is -0.714. The van der Waals surface area contributed by atoms with Crippen LogP contribution in [-0.4, -0.2) is 46.8 Å². The maximum absolute atomic E-state index is 10.8. The lowest BCUT2D eigenvalue weighted by Gasteiger charge is -2.50. The van der Waals surface area contributed by atoms with Crippen molar-refractivity contribution < 1.29 is 19.4 Å². The molecule has 0 bridgehead atoms. The lowest BCUT2D eigenvalue weighted by atomic mass is 9.74. The van der Waals surface area contributed by atoms with E-state index < -0.39 is 5.97 Å². The topological polar surface area (TPSA) is 59.0 Å². The summed E-state index contributed by atoms with van der Waals surface area (Å²) in [6.45, 7) is 6.16. The predicted molar refractivity (Wildman–Crippen MR) is 93.7 cm³/mol. The molecular formula is C20H27NO4. The standard InChI is InChI=1S/C20H27NO4/c1-20(2)14-12-15-17(9-11-21(15)10-5-8-18(22)23)24-19(14)13-6-3-4-7-16(13)25-20/h3-4,6-7,14-15,17,19H,5,8-12H2,1-2H3,(H,22,23)/t14-,15+,17-,19+/m1/s1. The van der Waals surface area contributed by atoms with Crippen LogP contribution in [0.15, 0.2) is 24.3 Å². The Morgan fingerprint density at radius 2 is 2.16 bits per heavy atom. The fraction of sp³-hybridized carbons (Fsp3) is 0.650. The number of ether oxygens (including phenoxy) is 2. The second-order valence-electron chi connectivity index (χ2n) is 8.07. The quantitative estimate of drug-likeness (QED) is 0.908. The Morgan fingerprint density at radius 1 is 1.36 bits per heavy atom. The van der Waals surface area contributed by atoms with Crippen molar-refractivity contribution in [2.75, 3.05) is 13.1 Å². The minimum Gasteiger partial charge on any atom is -0.487 e. The summed E-state index contributed by atoms with van der Waals surface area (Å²) in [6.07, 6.45) is 3.36. The van der Waals surface area contributed by atoms with Crippen molar-refractivity contribution in [1.29, 1.82) is 0 Å². The molecule has 2 fully saturated rings. The van der Waals surface area contributed by atoms with Crippen LogP contribution in [0.3, 0.4) is 0 Å². The summed E-state index contributed by atoms with van der Waals surface area (Å²) < 4.78 is 12.9. The zero-order valence-electron chi connectivity index (χ0n) is 15.0. The van der Waals surface area contributed by atoms with Crippen molar-refractivity contribution >= 4 is 5.97 Å². The van der Waals surface area contributed by atoms with Gasteiger partial charge in [-0.15, -0.1) is 0 Å². The summed E-state index contributed by atoms with van der Waals surface area (Å²) in [5.74, 6) is 0.543. The number of para-hydroxylation sites is 1. The molecule has 5 heteroatoms. The Labute approximate surface area is 148 Å². The highest BCUT2D eigenvalue weighted by molar-refractivity contribution is 5.66. The molecule has 0 saturated carbocycles. The molecule has 3 aliphatic heterocycles. The highest BCUT2D eigenvalue weighted by Crippen LogP contribution is 2.52. The molecule has 0 amide bonds. The maximum Gasteiger partial charge on any atom is 0.303 e. The van der Waals surface area contributed by atoms with E-state index in [4.69, 9.17) is 14.6 Å². The number of carbonyl (C=O) groups is 1. The number of benzene rings is 1. The highest BCUT2D eigenvalue weighted by atomic mass is 16.5. The third-order valence-electron chi connectivity index (χ3n) is 6.11. The van der Waals surface area contributed by atoms with Gasteiger partial charge >= 0.3 is 5.97 Å². The van der Waals surface area contributed by atoms with Crippen LogP contribution in [0.4, 0.5) is 0 Å². The van der Waals surface area contributed by atoms with Crippen molar-refractivity contribution in [2.45, 2.75) is 63.4 Å². The summed E-state index contributed by atoms with van der Waals surface area (Å²) in [5.41, 5.74) is 0.911. The van der Waals surface area contributed by atoms with Gasteiger partial charge in [0.2, 0.25) is 0 Å². The minimum absolute atomic E-state index is 0.0974. The lowest BCUT2D eigenvalue weighted by Crippen LogP contribution is -2.54. The zero-order valence-corrected chi connectivity index (χ0v) is 15.0. The van der Waals surface area contributed by atoms with Gasteiger partial charge in [-0.05, 0) is 45.7 Å². The van der Waals surface area contributed by atoms with E-state index in [1.54, 1.807) is 0 Å². The Kier molecular flexibility index (Phi) is 4.24. The average molecular weight is 345 g/mol. The number of carboxylic acid groups (broad SMARTS) is 1. The molecule has 4 rings (SSSR count). The Hall–Kier alpha value is -1.59.